The van der Waals surface area contributed by atoms with Crippen molar-refractivity contribution in [3.63, 3.8) is 0 Å². The molecule has 0 spiro atoms. The molecule has 32 heavy (non-hydrogen) atoms. The van der Waals surface area contributed by atoms with Crippen molar-refractivity contribution in [3.8, 4) is 0 Å². The van der Waals surface area contributed by atoms with Gasteiger partial charge in [0.2, 0.25) is 0 Å². The van der Waals surface area contributed by atoms with Crippen molar-refractivity contribution in [1.82, 2.24) is 0 Å². The first-order chi connectivity index (χ1) is 15.5. The monoisotopic (exact) mass is 450 g/mol. The lowest BCUT2D eigenvalue weighted by Gasteiger charge is -2.06. The zero-order valence-corrected chi connectivity index (χ0v) is 21.1. The highest BCUT2D eigenvalue weighted by Gasteiger charge is 2.12. The van der Waals surface area contributed by atoms with Gasteiger partial charge in [-0.1, -0.05) is 123 Å². The predicted molar refractivity (Wildman–Crippen MR) is 135 cm³/mol. The molecule has 4 heteroatoms. The molecule has 0 aliphatic heterocycles. The molecular weight excluding hydrogens is 400 g/mol. The molecule has 0 fully saturated rings. The van der Waals surface area contributed by atoms with Gasteiger partial charge in [-0.25, -0.2) is 9.59 Å². The standard InChI is InChI=1S/C28H50O4/c1-4-6-8-9-10-11-12-13-14-15-16-17-18-19-20-21-23-32-28(31)25(3)24-26(27(29)30)22-7-5-2/h24H,3-23H2,1-2H3,(H,29,30). The summed E-state index contributed by atoms with van der Waals surface area (Å²) in [5.41, 5.74) is 0.339. The first-order valence-corrected chi connectivity index (χ1v) is 13.3. The largest absolute Gasteiger partial charge is 0.478 e. The molecule has 0 atom stereocenters. The van der Waals surface area contributed by atoms with E-state index in [1.807, 2.05) is 6.92 Å². The minimum absolute atomic E-state index is 0.120. The maximum Gasteiger partial charge on any atom is 0.337 e. The molecule has 0 saturated carbocycles. The van der Waals surface area contributed by atoms with Crippen LogP contribution in [0.1, 0.15) is 136 Å². The Morgan fingerprint density at radius 1 is 0.688 bits per heavy atom. The second-order valence-corrected chi connectivity index (χ2v) is 9.04. The Morgan fingerprint density at radius 3 is 1.50 bits per heavy atom. The van der Waals surface area contributed by atoms with Gasteiger partial charge in [0.1, 0.15) is 0 Å². The highest BCUT2D eigenvalue weighted by molar-refractivity contribution is 5.95. The van der Waals surface area contributed by atoms with Gasteiger partial charge in [-0.15, -0.1) is 0 Å². The highest BCUT2D eigenvalue weighted by atomic mass is 16.5. The molecule has 0 aliphatic rings. The van der Waals surface area contributed by atoms with Crippen molar-refractivity contribution in [2.24, 2.45) is 0 Å². The summed E-state index contributed by atoms with van der Waals surface area (Å²) >= 11 is 0. The molecule has 0 amide bonds. The fourth-order valence-corrected chi connectivity index (χ4v) is 3.79. The predicted octanol–water partition coefficient (Wildman–Crippen LogP) is 8.55. The van der Waals surface area contributed by atoms with Crippen LogP contribution in [0, 0.1) is 0 Å². The molecule has 1 N–H and O–H groups in total. The Kier molecular flexibility index (Phi) is 21.5. The maximum absolute atomic E-state index is 12.0. The molecule has 0 saturated heterocycles. The third-order valence-electron chi connectivity index (χ3n) is 5.92. The van der Waals surface area contributed by atoms with E-state index in [4.69, 9.17) is 4.74 Å². The maximum atomic E-state index is 12.0. The average molecular weight is 451 g/mol. The normalized spacial score (nSPS) is 11.5. The van der Waals surface area contributed by atoms with Gasteiger partial charge in [0.25, 0.3) is 0 Å². The topological polar surface area (TPSA) is 63.6 Å². The minimum Gasteiger partial charge on any atom is -0.478 e. The summed E-state index contributed by atoms with van der Waals surface area (Å²) < 4.78 is 5.23. The summed E-state index contributed by atoms with van der Waals surface area (Å²) in [5, 5.41) is 9.20. The lowest BCUT2D eigenvalue weighted by atomic mass is 10.0. The van der Waals surface area contributed by atoms with Crippen LogP contribution in [0.25, 0.3) is 0 Å². The van der Waals surface area contributed by atoms with Crippen LogP contribution in [-0.4, -0.2) is 23.7 Å². The summed E-state index contributed by atoms with van der Waals surface area (Å²) in [6.45, 7) is 8.31. The zero-order valence-electron chi connectivity index (χ0n) is 21.1. The number of ether oxygens (including phenoxy) is 1. The summed E-state index contributed by atoms with van der Waals surface area (Å²) in [6.07, 6.45) is 24.4. The zero-order chi connectivity index (χ0) is 23.9. The minimum atomic E-state index is -0.995. The fraction of sp³-hybridized carbons (Fsp3) is 0.786. The number of carbonyl (C=O) groups excluding carboxylic acids is 1. The lowest BCUT2D eigenvalue weighted by Crippen LogP contribution is -2.09. The third-order valence-corrected chi connectivity index (χ3v) is 5.92. The highest BCUT2D eigenvalue weighted by Crippen LogP contribution is 2.14. The van der Waals surface area contributed by atoms with E-state index < -0.39 is 11.9 Å². The molecule has 0 aromatic carbocycles. The molecular formula is C28H50O4. The van der Waals surface area contributed by atoms with Crippen LogP contribution >= 0.6 is 0 Å². The number of aliphatic carboxylic acids is 1. The number of hydrogen-bond donors (Lipinski definition) is 1. The van der Waals surface area contributed by atoms with Gasteiger partial charge in [0.05, 0.1) is 12.2 Å². The van der Waals surface area contributed by atoms with Crippen LogP contribution in [0.2, 0.25) is 0 Å². The lowest BCUT2D eigenvalue weighted by molar-refractivity contribution is -0.138. The van der Waals surface area contributed by atoms with Crippen molar-refractivity contribution in [3.05, 3.63) is 23.8 Å². The molecule has 0 unspecified atom stereocenters. The van der Waals surface area contributed by atoms with Gasteiger partial charge in [0.15, 0.2) is 0 Å². The Morgan fingerprint density at radius 2 is 1.09 bits per heavy atom. The van der Waals surface area contributed by atoms with Gasteiger partial charge < -0.3 is 9.84 Å². The summed E-state index contributed by atoms with van der Waals surface area (Å²) in [6, 6.07) is 0. The van der Waals surface area contributed by atoms with Crippen LogP contribution in [0.4, 0.5) is 0 Å². The van der Waals surface area contributed by atoms with Crippen molar-refractivity contribution < 1.29 is 19.4 Å². The molecule has 0 rings (SSSR count). The van der Waals surface area contributed by atoms with Gasteiger partial charge in [-0.3, -0.25) is 0 Å². The molecule has 186 valence electrons. The summed E-state index contributed by atoms with van der Waals surface area (Å²) in [5.74, 6) is -1.51. The van der Waals surface area contributed by atoms with Crippen LogP contribution in [0.3, 0.4) is 0 Å². The second kappa shape index (κ2) is 22.6. The molecule has 0 radical (unpaired) electrons. The number of carboxylic acid groups (broad SMARTS) is 1. The van der Waals surface area contributed by atoms with E-state index in [1.54, 1.807) is 0 Å². The van der Waals surface area contributed by atoms with E-state index >= 15 is 0 Å². The molecule has 4 nitrogen and oxygen atoms in total. The molecule has 0 bridgehead atoms. The van der Waals surface area contributed by atoms with Crippen LogP contribution in [-0.2, 0) is 14.3 Å². The van der Waals surface area contributed by atoms with Crippen molar-refractivity contribution in [2.75, 3.05) is 6.61 Å². The van der Waals surface area contributed by atoms with E-state index in [-0.39, 0.29) is 11.1 Å². The van der Waals surface area contributed by atoms with Gasteiger partial charge in [0, 0.05) is 5.57 Å². The van der Waals surface area contributed by atoms with Crippen LogP contribution < -0.4 is 0 Å². The molecule has 0 heterocycles. The molecule has 0 aromatic heterocycles. The second-order valence-electron chi connectivity index (χ2n) is 9.04. The van der Waals surface area contributed by atoms with Crippen molar-refractivity contribution in [2.45, 2.75) is 136 Å². The number of carbonyl (C=O) groups is 2. The smallest absolute Gasteiger partial charge is 0.337 e. The Bertz CT molecular complexity index is 522. The number of unbranched alkanes of at least 4 members (excludes halogenated alkanes) is 16. The van der Waals surface area contributed by atoms with Gasteiger partial charge >= 0.3 is 11.9 Å². The van der Waals surface area contributed by atoms with Crippen molar-refractivity contribution >= 4 is 11.9 Å². The third kappa shape index (κ3) is 19.1. The first kappa shape index (κ1) is 30.4. The SMILES string of the molecule is C=C(C=C(CCCC)C(=O)O)C(=O)OCCCCCCCCCCCCCCCCCC. The molecule has 0 aliphatic carbocycles. The molecule has 0 aromatic rings. The first-order valence-electron chi connectivity index (χ1n) is 13.3. The Hall–Kier alpha value is -1.58. The Balaban J connectivity index is 3.55. The average Bonchev–Trinajstić information content (AvgIpc) is 2.78. The van der Waals surface area contributed by atoms with Gasteiger partial charge in [-0.2, -0.15) is 0 Å². The van der Waals surface area contributed by atoms with Crippen molar-refractivity contribution in [1.29, 1.82) is 0 Å². The van der Waals surface area contributed by atoms with E-state index in [1.165, 1.54) is 96.0 Å². The fourth-order valence-electron chi connectivity index (χ4n) is 3.79. The van der Waals surface area contributed by atoms with E-state index in [2.05, 4.69) is 13.5 Å². The van der Waals surface area contributed by atoms with Gasteiger partial charge in [-0.05, 0) is 25.3 Å². The quantitative estimate of drug-likeness (QED) is 0.0733. The van der Waals surface area contributed by atoms with E-state index in [9.17, 15) is 14.7 Å². The number of esters is 1. The van der Waals surface area contributed by atoms with E-state index in [0.717, 1.165) is 25.7 Å². The summed E-state index contributed by atoms with van der Waals surface area (Å²) in [4.78, 5) is 23.2. The van der Waals surface area contributed by atoms with E-state index in [0.29, 0.717) is 13.0 Å². The number of rotatable bonds is 23. The summed E-state index contributed by atoms with van der Waals surface area (Å²) in [7, 11) is 0. The Labute approximate surface area is 197 Å². The number of hydrogen-bond acceptors (Lipinski definition) is 3. The van der Waals surface area contributed by atoms with Crippen LogP contribution in [0.15, 0.2) is 23.8 Å². The van der Waals surface area contributed by atoms with Crippen LogP contribution in [0.5, 0.6) is 0 Å². The number of carboxylic acids is 1.